The Labute approximate surface area is 203 Å². The van der Waals surface area contributed by atoms with Gasteiger partial charge in [0.2, 0.25) is 0 Å². The quantitative estimate of drug-likeness (QED) is 0.422. The highest BCUT2D eigenvalue weighted by Gasteiger charge is 2.29. The molecule has 3 heterocycles. The highest BCUT2D eigenvalue weighted by molar-refractivity contribution is 6.30. The SMILES string of the molecule is Cn1ccc(NCc2nc3c(n2Cc2ccccc2)C(=O)N(Cc2cccc(Cl)c2)CCN3)n1. The molecule has 4 aromatic rings. The molecule has 2 aromatic carbocycles. The summed E-state index contributed by atoms with van der Waals surface area (Å²) in [5, 5.41) is 11.7. The first kappa shape index (κ1) is 22.0. The molecule has 0 bridgehead atoms. The van der Waals surface area contributed by atoms with Crippen molar-refractivity contribution in [1.82, 2.24) is 24.2 Å². The van der Waals surface area contributed by atoms with E-state index >= 15 is 0 Å². The summed E-state index contributed by atoms with van der Waals surface area (Å²) in [7, 11) is 1.88. The number of fused-ring (bicyclic) bond motifs is 1. The topological polar surface area (TPSA) is 80.0 Å². The molecule has 2 aromatic heterocycles. The molecule has 0 saturated carbocycles. The lowest BCUT2D eigenvalue weighted by molar-refractivity contribution is 0.0745. The summed E-state index contributed by atoms with van der Waals surface area (Å²) in [5.41, 5.74) is 2.66. The minimum atomic E-state index is -0.0486. The van der Waals surface area contributed by atoms with Crippen LogP contribution in [-0.4, -0.2) is 43.2 Å². The first-order chi connectivity index (χ1) is 16.6. The summed E-state index contributed by atoms with van der Waals surface area (Å²) >= 11 is 6.17. The van der Waals surface area contributed by atoms with Gasteiger partial charge in [-0.05, 0) is 23.3 Å². The molecule has 2 N–H and O–H groups in total. The maximum atomic E-state index is 13.8. The second-order valence-electron chi connectivity index (χ2n) is 8.31. The zero-order chi connectivity index (χ0) is 23.5. The molecule has 8 nitrogen and oxygen atoms in total. The van der Waals surface area contributed by atoms with Crippen LogP contribution >= 0.6 is 11.6 Å². The smallest absolute Gasteiger partial charge is 0.274 e. The van der Waals surface area contributed by atoms with Crippen molar-refractivity contribution in [2.75, 3.05) is 23.7 Å². The van der Waals surface area contributed by atoms with Gasteiger partial charge in [-0.15, -0.1) is 0 Å². The standard InChI is InChI=1S/C25H26ClN7O/c1-31-12-10-21(30-31)28-15-22-29-24-23(33(22)17-18-6-3-2-4-7-18)25(34)32(13-11-27-24)16-19-8-5-9-20(26)14-19/h2-10,12,14,27H,11,13,15-17H2,1H3,(H,28,30). The van der Waals surface area contributed by atoms with E-state index in [1.807, 2.05) is 71.2 Å². The van der Waals surface area contributed by atoms with E-state index in [9.17, 15) is 4.79 Å². The number of hydrogen-bond donors (Lipinski definition) is 2. The molecule has 1 aliphatic rings. The fourth-order valence-corrected chi connectivity index (χ4v) is 4.37. The Hall–Kier alpha value is -3.78. The number of imidazole rings is 1. The Kier molecular flexibility index (Phi) is 6.22. The van der Waals surface area contributed by atoms with Crippen LogP contribution in [-0.2, 0) is 26.7 Å². The molecule has 0 spiro atoms. The molecule has 1 aliphatic heterocycles. The van der Waals surface area contributed by atoms with Crippen molar-refractivity contribution in [2.24, 2.45) is 7.05 Å². The first-order valence-corrected chi connectivity index (χ1v) is 11.6. The predicted octanol–water partition coefficient (Wildman–Crippen LogP) is 4.00. The summed E-state index contributed by atoms with van der Waals surface area (Å²) in [6.45, 7) is 2.67. The largest absolute Gasteiger partial charge is 0.366 e. The third kappa shape index (κ3) is 4.77. The maximum absolute atomic E-state index is 13.8. The van der Waals surface area contributed by atoms with Crippen molar-refractivity contribution in [2.45, 2.75) is 19.6 Å². The number of aromatic nitrogens is 4. The van der Waals surface area contributed by atoms with Crippen molar-refractivity contribution >= 4 is 29.1 Å². The van der Waals surface area contributed by atoms with Crippen LogP contribution in [0.3, 0.4) is 0 Å². The maximum Gasteiger partial charge on any atom is 0.274 e. The Morgan fingerprint density at radius 2 is 1.88 bits per heavy atom. The van der Waals surface area contributed by atoms with Crippen LogP contribution in [0.2, 0.25) is 5.02 Å². The number of carbonyl (C=O) groups is 1. The van der Waals surface area contributed by atoms with E-state index in [0.717, 1.165) is 22.8 Å². The van der Waals surface area contributed by atoms with Crippen molar-refractivity contribution in [3.8, 4) is 0 Å². The molecule has 0 saturated heterocycles. The van der Waals surface area contributed by atoms with Gasteiger partial charge in [-0.3, -0.25) is 9.48 Å². The number of anilines is 2. The van der Waals surface area contributed by atoms with Gasteiger partial charge in [0, 0.05) is 50.5 Å². The lowest BCUT2D eigenvalue weighted by atomic mass is 10.2. The van der Waals surface area contributed by atoms with E-state index in [1.165, 1.54) is 0 Å². The Bertz CT molecular complexity index is 1300. The van der Waals surface area contributed by atoms with Gasteiger partial charge in [-0.25, -0.2) is 4.98 Å². The Balaban J connectivity index is 1.48. The van der Waals surface area contributed by atoms with Gasteiger partial charge in [0.1, 0.15) is 11.6 Å². The lowest BCUT2D eigenvalue weighted by Gasteiger charge is -2.22. The van der Waals surface area contributed by atoms with Gasteiger partial charge in [0.15, 0.2) is 11.5 Å². The predicted molar refractivity (Wildman–Crippen MR) is 133 cm³/mol. The lowest BCUT2D eigenvalue weighted by Crippen LogP contribution is -2.33. The van der Waals surface area contributed by atoms with Gasteiger partial charge < -0.3 is 20.1 Å². The Morgan fingerprint density at radius 3 is 2.65 bits per heavy atom. The van der Waals surface area contributed by atoms with Crippen molar-refractivity contribution in [1.29, 1.82) is 0 Å². The van der Waals surface area contributed by atoms with Gasteiger partial charge in [-0.2, -0.15) is 5.10 Å². The minimum absolute atomic E-state index is 0.0486. The molecule has 5 rings (SSSR count). The van der Waals surface area contributed by atoms with Crippen molar-refractivity contribution < 1.29 is 4.79 Å². The zero-order valence-corrected chi connectivity index (χ0v) is 19.7. The number of nitrogens with zero attached hydrogens (tertiary/aromatic N) is 5. The van der Waals surface area contributed by atoms with Crippen LogP contribution in [0.15, 0.2) is 66.9 Å². The average Bonchev–Trinajstić information content (AvgIpc) is 3.36. The number of benzene rings is 2. The van der Waals surface area contributed by atoms with Crippen LogP contribution in [0, 0.1) is 0 Å². The van der Waals surface area contributed by atoms with Crippen LogP contribution in [0.1, 0.15) is 27.4 Å². The molecule has 34 heavy (non-hydrogen) atoms. The summed E-state index contributed by atoms with van der Waals surface area (Å²) in [6.07, 6.45) is 1.88. The molecule has 174 valence electrons. The number of nitrogens with one attached hydrogen (secondary N) is 2. The minimum Gasteiger partial charge on any atom is -0.366 e. The third-order valence-corrected chi connectivity index (χ3v) is 6.03. The fraction of sp³-hybridized carbons (Fsp3) is 0.240. The van der Waals surface area contributed by atoms with E-state index in [-0.39, 0.29) is 5.91 Å². The molecule has 1 amide bonds. The van der Waals surface area contributed by atoms with E-state index in [0.29, 0.717) is 49.3 Å². The molecule has 0 fully saturated rings. The van der Waals surface area contributed by atoms with Gasteiger partial charge >= 0.3 is 0 Å². The van der Waals surface area contributed by atoms with E-state index < -0.39 is 0 Å². The molecule has 9 heteroatoms. The molecular weight excluding hydrogens is 450 g/mol. The number of carbonyl (C=O) groups excluding carboxylic acids is 1. The second kappa shape index (κ2) is 9.61. The summed E-state index contributed by atoms with van der Waals surface area (Å²) in [4.78, 5) is 20.5. The molecular formula is C25H26ClN7O. The fourth-order valence-electron chi connectivity index (χ4n) is 4.16. The normalized spacial score (nSPS) is 13.4. The summed E-state index contributed by atoms with van der Waals surface area (Å²) < 4.78 is 3.75. The van der Waals surface area contributed by atoms with Crippen LogP contribution < -0.4 is 10.6 Å². The van der Waals surface area contributed by atoms with Gasteiger partial charge in [-0.1, -0.05) is 54.1 Å². The van der Waals surface area contributed by atoms with Crippen molar-refractivity contribution in [3.05, 3.63) is 94.5 Å². The third-order valence-electron chi connectivity index (χ3n) is 5.80. The molecule has 0 atom stereocenters. The first-order valence-electron chi connectivity index (χ1n) is 11.2. The molecule has 0 aliphatic carbocycles. The van der Waals surface area contributed by atoms with Crippen LogP contribution in [0.5, 0.6) is 0 Å². The second-order valence-corrected chi connectivity index (χ2v) is 8.75. The van der Waals surface area contributed by atoms with Gasteiger partial charge in [0.05, 0.1) is 6.54 Å². The average molecular weight is 476 g/mol. The molecule has 0 radical (unpaired) electrons. The number of rotatable bonds is 7. The van der Waals surface area contributed by atoms with Crippen LogP contribution in [0.25, 0.3) is 0 Å². The van der Waals surface area contributed by atoms with E-state index in [4.69, 9.17) is 16.6 Å². The number of amides is 1. The van der Waals surface area contributed by atoms with E-state index in [2.05, 4.69) is 27.9 Å². The van der Waals surface area contributed by atoms with E-state index in [1.54, 1.807) is 4.68 Å². The van der Waals surface area contributed by atoms with Crippen molar-refractivity contribution in [3.63, 3.8) is 0 Å². The van der Waals surface area contributed by atoms with Crippen LogP contribution in [0.4, 0.5) is 11.6 Å². The van der Waals surface area contributed by atoms with Gasteiger partial charge in [0.25, 0.3) is 5.91 Å². The zero-order valence-electron chi connectivity index (χ0n) is 18.9. The highest BCUT2D eigenvalue weighted by atomic mass is 35.5. The monoisotopic (exact) mass is 475 g/mol. The molecule has 0 unspecified atom stereocenters. The Morgan fingerprint density at radius 1 is 1.06 bits per heavy atom. The summed E-state index contributed by atoms with van der Waals surface area (Å²) in [5.74, 6) is 2.10. The number of halogens is 1. The number of aryl methyl sites for hydroxylation is 1. The summed E-state index contributed by atoms with van der Waals surface area (Å²) in [6, 6.07) is 19.6. The highest BCUT2D eigenvalue weighted by Crippen LogP contribution is 2.25. The number of hydrogen-bond acceptors (Lipinski definition) is 5.